The Hall–Kier alpha value is -0.780. The van der Waals surface area contributed by atoms with Crippen molar-refractivity contribution in [3.8, 4) is 0 Å². The van der Waals surface area contributed by atoms with Crippen molar-refractivity contribution in [3.05, 3.63) is 39.8 Å². The van der Waals surface area contributed by atoms with E-state index in [0.717, 1.165) is 0 Å². The van der Waals surface area contributed by atoms with Crippen LogP contribution < -0.4 is 0 Å². The molecule has 0 bridgehead atoms. The summed E-state index contributed by atoms with van der Waals surface area (Å²) in [4.78, 5) is 0. The highest BCUT2D eigenvalue weighted by atomic mass is 14.2. The molecule has 0 fully saturated rings. The maximum Gasteiger partial charge on any atom is -0.00874 e. The van der Waals surface area contributed by atoms with Gasteiger partial charge in [-0.2, -0.15) is 0 Å². The lowest BCUT2D eigenvalue weighted by Gasteiger charge is -2.18. The van der Waals surface area contributed by atoms with Crippen molar-refractivity contribution < 1.29 is 0 Å². The number of benzene rings is 1. The van der Waals surface area contributed by atoms with E-state index in [4.69, 9.17) is 0 Å². The lowest BCUT2D eigenvalue weighted by Crippen LogP contribution is -2.01. The molecule has 0 N–H and O–H groups in total. The summed E-state index contributed by atoms with van der Waals surface area (Å²) >= 11 is 0. The van der Waals surface area contributed by atoms with E-state index < -0.39 is 0 Å². The number of hydrogen-bond donors (Lipinski definition) is 0. The van der Waals surface area contributed by atoms with E-state index in [9.17, 15) is 0 Å². The second-order valence-corrected chi connectivity index (χ2v) is 4.89. The topological polar surface area (TPSA) is 0 Å². The SMILES string of the molecule is CCCC[CH]c1c(C)c(C)c(C)c(C)c1C. The Morgan fingerprint density at radius 2 is 1.19 bits per heavy atom. The molecule has 0 saturated carbocycles. The zero-order valence-electron chi connectivity index (χ0n) is 11.7. The summed E-state index contributed by atoms with van der Waals surface area (Å²) < 4.78 is 0. The zero-order chi connectivity index (χ0) is 12.3. The molecular formula is C16H25. The molecule has 1 aromatic carbocycles. The average molecular weight is 217 g/mol. The van der Waals surface area contributed by atoms with Crippen LogP contribution in [0.1, 0.15) is 59.6 Å². The van der Waals surface area contributed by atoms with Crippen molar-refractivity contribution in [2.24, 2.45) is 0 Å². The third-order valence-electron chi connectivity index (χ3n) is 3.96. The van der Waals surface area contributed by atoms with Gasteiger partial charge in [0.25, 0.3) is 0 Å². The van der Waals surface area contributed by atoms with Crippen LogP contribution in [0, 0.1) is 41.0 Å². The van der Waals surface area contributed by atoms with Crippen LogP contribution in [0.5, 0.6) is 0 Å². The Kier molecular flexibility index (Phi) is 4.58. The molecule has 0 heterocycles. The van der Waals surface area contributed by atoms with Crippen LogP contribution in [0.3, 0.4) is 0 Å². The predicted octanol–water partition coefficient (Wildman–Crippen LogP) is 4.97. The molecule has 1 radical (unpaired) electrons. The molecule has 0 spiro atoms. The van der Waals surface area contributed by atoms with Crippen molar-refractivity contribution in [3.63, 3.8) is 0 Å². The van der Waals surface area contributed by atoms with Crippen LogP contribution in [0.2, 0.25) is 0 Å². The fourth-order valence-corrected chi connectivity index (χ4v) is 2.29. The van der Waals surface area contributed by atoms with Crippen molar-refractivity contribution in [1.29, 1.82) is 0 Å². The minimum Gasteiger partial charge on any atom is -0.0654 e. The summed E-state index contributed by atoms with van der Waals surface area (Å²) in [6, 6.07) is 0. The Morgan fingerprint density at radius 1 is 0.750 bits per heavy atom. The lowest BCUT2D eigenvalue weighted by molar-refractivity contribution is 0.788. The standard InChI is InChI=1S/C16H25/c1-7-8-9-10-16-14(5)12(3)11(2)13(4)15(16)6/h10H,7-9H2,1-6H3. The molecule has 1 rings (SSSR count). The zero-order valence-corrected chi connectivity index (χ0v) is 11.7. The van der Waals surface area contributed by atoms with E-state index in [0.29, 0.717) is 0 Å². The third kappa shape index (κ3) is 2.48. The van der Waals surface area contributed by atoms with Crippen molar-refractivity contribution in [2.45, 2.75) is 60.8 Å². The molecule has 0 saturated heterocycles. The molecule has 1 aromatic rings. The third-order valence-corrected chi connectivity index (χ3v) is 3.96. The van der Waals surface area contributed by atoms with E-state index in [-0.39, 0.29) is 0 Å². The first-order valence-electron chi connectivity index (χ1n) is 6.40. The van der Waals surface area contributed by atoms with E-state index in [2.05, 4.69) is 48.0 Å². The molecule has 89 valence electrons. The maximum atomic E-state index is 2.42. The average Bonchev–Trinajstić information content (AvgIpc) is 2.28. The first kappa shape index (κ1) is 13.3. The molecule has 16 heavy (non-hydrogen) atoms. The van der Waals surface area contributed by atoms with Gasteiger partial charge in [-0.25, -0.2) is 0 Å². The first-order valence-corrected chi connectivity index (χ1v) is 6.40. The predicted molar refractivity (Wildman–Crippen MR) is 73.1 cm³/mol. The summed E-state index contributed by atoms with van der Waals surface area (Å²) in [5, 5.41) is 0. The van der Waals surface area contributed by atoms with Gasteiger partial charge in [-0.15, -0.1) is 0 Å². The van der Waals surface area contributed by atoms with Crippen LogP contribution in [-0.2, 0) is 0 Å². The van der Waals surface area contributed by atoms with Crippen LogP contribution in [-0.4, -0.2) is 0 Å². The van der Waals surface area contributed by atoms with Gasteiger partial charge in [-0.05, 0) is 80.8 Å². The molecule has 0 nitrogen and oxygen atoms in total. The van der Waals surface area contributed by atoms with Gasteiger partial charge in [0.15, 0.2) is 0 Å². The molecule has 0 heteroatoms. The quantitative estimate of drug-likeness (QED) is 0.624. The van der Waals surface area contributed by atoms with E-state index in [1.807, 2.05) is 0 Å². The number of hydrogen-bond acceptors (Lipinski definition) is 0. The van der Waals surface area contributed by atoms with Crippen molar-refractivity contribution in [1.82, 2.24) is 0 Å². The summed E-state index contributed by atoms with van der Waals surface area (Å²) in [6.07, 6.45) is 6.21. The van der Waals surface area contributed by atoms with Gasteiger partial charge in [0.2, 0.25) is 0 Å². The van der Waals surface area contributed by atoms with Gasteiger partial charge in [-0.1, -0.05) is 19.8 Å². The second kappa shape index (κ2) is 5.52. The van der Waals surface area contributed by atoms with Crippen LogP contribution in [0.4, 0.5) is 0 Å². The van der Waals surface area contributed by atoms with Gasteiger partial charge in [0.05, 0.1) is 0 Å². The molecule has 0 aliphatic rings. The molecule has 0 aliphatic carbocycles. The highest BCUT2D eigenvalue weighted by Crippen LogP contribution is 2.28. The Morgan fingerprint density at radius 3 is 1.62 bits per heavy atom. The van der Waals surface area contributed by atoms with E-state index >= 15 is 0 Å². The van der Waals surface area contributed by atoms with Gasteiger partial charge in [0.1, 0.15) is 0 Å². The Labute approximate surface area is 101 Å². The van der Waals surface area contributed by atoms with Gasteiger partial charge < -0.3 is 0 Å². The lowest BCUT2D eigenvalue weighted by atomic mass is 9.87. The van der Waals surface area contributed by atoms with E-state index in [1.165, 1.54) is 52.6 Å². The number of unbranched alkanes of at least 4 members (excludes halogenated alkanes) is 2. The highest BCUT2D eigenvalue weighted by Gasteiger charge is 2.11. The fourth-order valence-electron chi connectivity index (χ4n) is 2.29. The minimum absolute atomic E-state index is 1.21. The highest BCUT2D eigenvalue weighted by molar-refractivity contribution is 5.52. The summed E-state index contributed by atoms with van der Waals surface area (Å²) in [6.45, 7) is 13.5. The summed E-state index contributed by atoms with van der Waals surface area (Å²) in [7, 11) is 0. The van der Waals surface area contributed by atoms with E-state index in [1.54, 1.807) is 0 Å². The fraction of sp³-hybridized carbons (Fsp3) is 0.562. The van der Waals surface area contributed by atoms with Crippen LogP contribution in [0.15, 0.2) is 0 Å². The first-order chi connectivity index (χ1) is 7.50. The summed E-state index contributed by atoms with van der Waals surface area (Å²) in [5.74, 6) is 0. The number of rotatable bonds is 4. The monoisotopic (exact) mass is 217 g/mol. The van der Waals surface area contributed by atoms with Gasteiger partial charge in [-0.3, -0.25) is 0 Å². The largest absolute Gasteiger partial charge is 0.0654 e. The summed E-state index contributed by atoms with van der Waals surface area (Å²) in [5.41, 5.74) is 8.81. The molecule has 0 atom stereocenters. The molecule has 0 amide bonds. The van der Waals surface area contributed by atoms with Gasteiger partial charge in [0, 0.05) is 0 Å². The molecule has 0 unspecified atom stereocenters. The smallest absolute Gasteiger partial charge is 0.00874 e. The maximum absolute atomic E-state index is 2.42. The Bertz CT molecular complexity index is 343. The minimum atomic E-state index is 1.21. The second-order valence-electron chi connectivity index (χ2n) is 4.89. The van der Waals surface area contributed by atoms with Crippen molar-refractivity contribution in [2.75, 3.05) is 0 Å². The molecule has 0 aromatic heterocycles. The van der Waals surface area contributed by atoms with Gasteiger partial charge >= 0.3 is 0 Å². The van der Waals surface area contributed by atoms with Crippen molar-refractivity contribution >= 4 is 0 Å². The molecule has 0 aliphatic heterocycles. The molecular weight excluding hydrogens is 192 g/mol. The van der Waals surface area contributed by atoms with Crippen LogP contribution in [0.25, 0.3) is 0 Å². The Balaban J connectivity index is 3.08. The van der Waals surface area contributed by atoms with Crippen LogP contribution >= 0.6 is 0 Å². The normalized spacial score (nSPS) is 10.9.